The van der Waals surface area contributed by atoms with Gasteiger partial charge in [0.25, 0.3) is 0 Å². The van der Waals surface area contributed by atoms with Crippen LogP contribution in [0.25, 0.3) is 0 Å². The first-order valence-electron chi connectivity index (χ1n) is 3.22. The summed E-state index contributed by atoms with van der Waals surface area (Å²) in [6.45, 7) is 2.16. The van der Waals surface area contributed by atoms with Crippen molar-refractivity contribution in [2.45, 2.75) is 19.5 Å². The SMILES string of the molecule is CCCOPNC(=O)C(F)(F)F. The van der Waals surface area contributed by atoms with Crippen molar-refractivity contribution in [2.75, 3.05) is 6.61 Å². The molecule has 1 amide bonds. The largest absolute Gasteiger partial charge is 0.471 e. The van der Waals surface area contributed by atoms with Crippen molar-refractivity contribution in [1.82, 2.24) is 5.09 Å². The van der Waals surface area contributed by atoms with Crippen LogP contribution in [0.3, 0.4) is 0 Å². The van der Waals surface area contributed by atoms with Gasteiger partial charge in [-0.1, -0.05) is 6.92 Å². The molecule has 0 bridgehead atoms. The van der Waals surface area contributed by atoms with Gasteiger partial charge in [-0.3, -0.25) is 4.79 Å². The highest BCUT2D eigenvalue weighted by Crippen LogP contribution is 2.17. The molecule has 0 rings (SSSR count). The lowest BCUT2D eigenvalue weighted by Gasteiger charge is -2.06. The van der Waals surface area contributed by atoms with E-state index in [0.29, 0.717) is 13.0 Å². The summed E-state index contributed by atoms with van der Waals surface area (Å²) in [5, 5.41) is 1.60. The minimum Gasteiger partial charge on any atom is -0.341 e. The fraction of sp³-hybridized carbons (Fsp3) is 0.800. The van der Waals surface area contributed by atoms with Crippen molar-refractivity contribution >= 4 is 14.9 Å². The number of carbonyl (C=O) groups excluding carboxylic acids is 1. The van der Waals surface area contributed by atoms with Crippen molar-refractivity contribution in [3.8, 4) is 0 Å². The van der Waals surface area contributed by atoms with Gasteiger partial charge in [0.15, 0.2) is 0 Å². The first kappa shape index (κ1) is 11.6. The number of halogens is 3. The van der Waals surface area contributed by atoms with Crippen molar-refractivity contribution in [2.24, 2.45) is 0 Å². The summed E-state index contributed by atoms with van der Waals surface area (Å²) >= 11 is 0. The molecule has 0 saturated heterocycles. The Kier molecular flexibility index (Phi) is 5.17. The third kappa shape index (κ3) is 5.32. The Bertz CT molecular complexity index is 150. The zero-order valence-corrected chi connectivity index (χ0v) is 7.36. The van der Waals surface area contributed by atoms with E-state index >= 15 is 0 Å². The standard InChI is InChI=1S/C5H9F3NO2P/c1-2-3-11-12-9-4(10)5(6,7)8/h12H,2-3H2,1H3,(H,9,10). The van der Waals surface area contributed by atoms with Crippen molar-refractivity contribution < 1.29 is 22.5 Å². The Hall–Kier alpha value is -0.350. The minimum atomic E-state index is -4.82. The average molecular weight is 203 g/mol. The molecule has 0 fully saturated rings. The van der Waals surface area contributed by atoms with Gasteiger partial charge in [0, 0.05) is 0 Å². The molecule has 3 nitrogen and oxygen atoms in total. The average Bonchev–Trinajstić information content (AvgIpc) is 1.96. The van der Waals surface area contributed by atoms with Crippen molar-refractivity contribution in [1.29, 1.82) is 0 Å². The summed E-state index contributed by atoms with van der Waals surface area (Å²) in [5.41, 5.74) is 0. The number of amides is 1. The number of carbonyl (C=O) groups is 1. The molecule has 7 heteroatoms. The summed E-state index contributed by atoms with van der Waals surface area (Å²) in [6.07, 6.45) is -4.11. The van der Waals surface area contributed by atoms with E-state index < -0.39 is 21.0 Å². The van der Waals surface area contributed by atoms with Gasteiger partial charge < -0.3 is 9.61 Å². The highest BCUT2D eigenvalue weighted by atomic mass is 31.1. The molecule has 0 aromatic heterocycles. The van der Waals surface area contributed by atoms with E-state index in [1.165, 1.54) is 0 Å². The van der Waals surface area contributed by atoms with E-state index in [0.717, 1.165) is 0 Å². The Labute approximate surface area is 69.6 Å². The third-order valence-corrected chi connectivity index (χ3v) is 1.48. The van der Waals surface area contributed by atoms with Gasteiger partial charge in [-0.05, 0) is 6.42 Å². The quantitative estimate of drug-likeness (QED) is 0.556. The monoisotopic (exact) mass is 203 g/mol. The topological polar surface area (TPSA) is 38.3 Å². The van der Waals surface area contributed by atoms with E-state index in [1.807, 2.05) is 6.92 Å². The minimum absolute atomic E-state index is 0.344. The van der Waals surface area contributed by atoms with E-state index in [1.54, 1.807) is 5.09 Å². The zero-order chi connectivity index (χ0) is 9.61. The molecule has 1 unspecified atom stereocenters. The highest BCUT2D eigenvalue weighted by molar-refractivity contribution is 7.30. The fourth-order valence-corrected chi connectivity index (χ4v) is 0.919. The molecular weight excluding hydrogens is 194 g/mol. The van der Waals surface area contributed by atoms with Gasteiger partial charge in [0.1, 0.15) is 8.96 Å². The highest BCUT2D eigenvalue weighted by Gasteiger charge is 2.38. The summed E-state index contributed by atoms with van der Waals surface area (Å²) in [7, 11) is -0.627. The lowest BCUT2D eigenvalue weighted by molar-refractivity contribution is -0.171. The molecular formula is C5H9F3NO2P. The van der Waals surface area contributed by atoms with Crippen LogP contribution in [0.2, 0.25) is 0 Å². The molecule has 0 aromatic carbocycles. The molecule has 0 aliphatic carbocycles. The van der Waals surface area contributed by atoms with Gasteiger partial charge in [0.2, 0.25) is 0 Å². The number of alkyl halides is 3. The number of hydrogen-bond acceptors (Lipinski definition) is 2. The maximum absolute atomic E-state index is 11.5. The van der Waals surface area contributed by atoms with Gasteiger partial charge >= 0.3 is 12.1 Å². The second kappa shape index (κ2) is 5.32. The lowest BCUT2D eigenvalue weighted by atomic mass is 10.5. The summed E-state index contributed by atoms with van der Waals surface area (Å²) < 4.78 is 39.1. The molecule has 0 saturated carbocycles. The molecule has 0 spiro atoms. The van der Waals surface area contributed by atoms with E-state index in [-0.39, 0.29) is 0 Å². The Morgan fingerprint density at radius 2 is 2.17 bits per heavy atom. The molecule has 0 aromatic rings. The lowest BCUT2D eigenvalue weighted by Crippen LogP contribution is -2.32. The second-order valence-corrected chi connectivity index (χ2v) is 2.65. The van der Waals surface area contributed by atoms with E-state index in [2.05, 4.69) is 4.52 Å². The van der Waals surface area contributed by atoms with Gasteiger partial charge in [-0.25, -0.2) is 0 Å². The normalized spacial score (nSPS) is 12.3. The Morgan fingerprint density at radius 1 is 1.58 bits per heavy atom. The van der Waals surface area contributed by atoms with Gasteiger partial charge in [-0.2, -0.15) is 13.2 Å². The molecule has 12 heavy (non-hydrogen) atoms. The Morgan fingerprint density at radius 3 is 2.58 bits per heavy atom. The van der Waals surface area contributed by atoms with Crippen LogP contribution in [0.1, 0.15) is 13.3 Å². The molecule has 0 aliphatic heterocycles. The van der Waals surface area contributed by atoms with E-state index in [9.17, 15) is 18.0 Å². The van der Waals surface area contributed by atoms with E-state index in [4.69, 9.17) is 0 Å². The van der Waals surface area contributed by atoms with Crippen LogP contribution in [-0.2, 0) is 9.32 Å². The first-order chi connectivity index (χ1) is 5.48. The predicted molar refractivity (Wildman–Crippen MR) is 38.8 cm³/mol. The van der Waals surface area contributed by atoms with Crippen LogP contribution < -0.4 is 5.09 Å². The summed E-state index contributed by atoms with van der Waals surface area (Å²) in [5.74, 6) is -1.96. The van der Waals surface area contributed by atoms with Crippen LogP contribution in [0.5, 0.6) is 0 Å². The van der Waals surface area contributed by atoms with Crippen LogP contribution in [0.15, 0.2) is 0 Å². The van der Waals surface area contributed by atoms with Crippen LogP contribution in [0, 0.1) is 0 Å². The third-order valence-electron chi connectivity index (χ3n) is 0.800. The molecule has 0 radical (unpaired) electrons. The smallest absolute Gasteiger partial charge is 0.341 e. The van der Waals surface area contributed by atoms with Crippen LogP contribution in [-0.4, -0.2) is 18.7 Å². The van der Waals surface area contributed by atoms with Crippen molar-refractivity contribution in [3.05, 3.63) is 0 Å². The number of hydrogen-bond donors (Lipinski definition) is 1. The molecule has 0 aliphatic rings. The summed E-state index contributed by atoms with van der Waals surface area (Å²) in [6, 6.07) is 0. The molecule has 0 heterocycles. The molecule has 1 N–H and O–H groups in total. The predicted octanol–water partition coefficient (Wildman–Crippen LogP) is 1.60. The number of nitrogens with one attached hydrogen (secondary N) is 1. The van der Waals surface area contributed by atoms with Gasteiger partial charge in [-0.15, -0.1) is 0 Å². The molecule has 72 valence electrons. The van der Waals surface area contributed by atoms with Crippen LogP contribution in [0.4, 0.5) is 13.2 Å². The molecule has 1 atom stereocenters. The maximum Gasteiger partial charge on any atom is 0.471 e. The fourth-order valence-electron chi connectivity index (χ4n) is 0.306. The Balaban J connectivity index is 3.45. The zero-order valence-electron chi connectivity index (χ0n) is 6.36. The van der Waals surface area contributed by atoms with Gasteiger partial charge in [0.05, 0.1) is 6.61 Å². The maximum atomic E-state index is 11.5. The second-order valence-electron chi connectivity index (χ2n) is 1.90. The first-order valence-corrected chi connectivity index (χ1v) is 4.13. The number of rotatable bonds is 4. The summed E-state index contributed by atoms with van der Waals surface area (Å²) in [4.78, 5) is 10.1. The van der Waals surface area contributed by atoms with Crippen LogP contribution >= 0.6 is 8.96 Å². The van der Waals surface area contributed by atoms with Crippen molar-refractivity contribution in [3.63, 3.8) is 0 Å².